The summed E-state index contributed by atoms with van der Waals surface area (Å²) in [5, 5.41) is 10.3. The number of alkyl halides is 3. The van der Waals surface area contributed by atoms with E-state index in [2.05, 4.69) is 0 Å². The predicted molar refractivity (Wildman–Crippen MR) is 47.5 cm³/mol. The van der Waals surface area contributed by atoms with E-state index in [4.69, 9.17) is 0 Å². The van der Waals surface area contributed by atoms with Crippen LogP contribution in [0.2, 0.25) is 0 Å². The first-order valence-electron chi connectivity index (χ1n) is 4.18. The zero-order valence-corrected chi connectivity index (χ0v) is 7.62. The van der Waals surface area contributed by atoms with E-state index in [1.165, 1.54) is 18.2 Å². The molecule has 0 heterocycles. The molecular weight excluding hydrogens is 211 g/mol. The van der Waals surface area contributed by atoms with Crippen molar-refractivity contribution in [2.75, 3.05) is 0 Å². The molecular formula is C9H8F3NO2. The van der Waals surface area contributed by atoms with Crippen LogP contribution in [0.3, 0.4) is 0 Å². The quantitative estimate of drug-likeness (QED) is 0.579. The first-order valence-corrected chi connectivity index (χ1v) is 4.18. The van der Waals surface area contributed by atoms with E-state index in [9.17, 15) is 23.3 Å². The number of halogens is 3. The second-order valence-corrected chi connectivity index (χ2v) is 3.04. The van der Waals surface area contributed by atoms with Crippen molar-refractivity contribution in [1.82, 2.24) is 0 Å². The molecule has 0 atom stereocenters. The molecule has 15 heavy (non-hydrogen) atoms. The molecule has 0 bridgehead atoms. The van der Waals surface area contributed by atoms with Gasteiger partial charge in [0.05, 0.1) is 4.92 Å². The topological polar surface area (TPSA) is 43.1 Å². The van der Waals surface area contributed by atoms with Crippen molar-refractivity contribution < 1.29 is 18.1 Å². The minimum absolute atomic E-state index is 0.185. The summed E-state index contributed by atoms with van der Waals surface area (Å²) in [5.41, 5.74) is 0.135. The number of hydrogen-bond acceptors (Lipinski definition) is 2. The molecule has 3 nitrogen and oxygen atoms in total. The SMILES string of the molecule is O=[N+]([O-])c1cccc(CCC(F)(F)F)c1. The van der Waals surface area contributed by atoms with Crippen molar-refractivity contribution in [3.05, 3.63) is 39.9 Å². The van der Waals surface area contributed by atoms with Crippen molar-refractivity contribution in [3.63, 3.8) is 0 Å². The number of hydrogen-bond donors (Lipinski definition) is 0. The van der Waals surface area contributed by atoms with Gasteiger partial charge in [0.25, 0.3) is 5.69 Å². The Kier molecular flexibility index (Phi) is 3.28. The molecule has 0 unspecified atom stereocenters. The Balaban J connectivity index is 2.70. The highest BCUT2D eigenvalue weighted by molar-refractivity contribution is 5.34. The van der Waals surface area contributed by atoms with E-state index >= 15 is 0 Å². The van der Waals surface area contributed by atoms with Gasteiger partial charge in [0.2, 0.25) is 0 Å². The maximum Gasteiger partial charge on any atom is 0.389 e. The van der Waals surface area contributed by atoms with Gasteiger partial charge >= 0.3 is 6.18 Å². The van der Waals surface area contributed by atoms with Gasteiger partial charge in [0.1, 0.15) is 0 Å². The average Bonchev–Trinajstić information content (AvgIpc) is 2.14. The fourth-order valence-electron chi connectivity index (χ4n) is 1.11. The average molecular weight is 219 g/mol. The van der Waals surface area contributed by atoms with E-state index < -0.39 is 17.5 Å². The van der Waals surface area contributed by atoms with Crippen molar-refractivity contribution in [3.8, 4) is 0 Å². The van der Waals surface area contributed by atoms with Crippen LogP contribution in [0, 0.1) is 10.1 Å². The molecule has 0 amide bonds. The Morgan fingerprint density at radius 1 is 1.33 bits per heavy atom. The lowest BCUT2D eigenvalue weighted by Crippen LogP contribution is -2.08. The summed E-state index contributed by atoms with van der Waals surface area (Å²) in [5.74, 6) is 0. The predicted octanol–water partition coefficient (Wildman–Crippen LogP) is 3.09. The van der Waals surface area contributed by atoms with Crippen LogP contribution in [0.5, 0.6) is 0 Å². The van der Waals surface area contributed by atoms with Gasteiger partial charge in [-0.2, -0.15) is 13.2 Å². The Hall–Kier alpha value is -1.59. The van der Waals surface area contributed by atoms with Crippen LogP contribution in [0.15, 0.2) is 24.3 Å². The lowest BCUT2D eigenvalue weighted by molar-refractivity contribution is -0.384. The number of benzene rings is 1. The van der Waals surface area contributed by atoms with Gasteiger partial charge in [-0.25, -0.2) is 0 Å². The molecule has 0 spiro atoms. The molecule has 0 aromatic heterocycles. The molecule has 0 N–H and O–H groups in total. The fourth-order valence-corrected chi connectivity index (χ4v) is 1.11. The van der Waals surface area contributed by atoms with Gasteiger partial charge < -0.3 is 0 Å². The maximum absolute atomic E-state index is 11.9. The highest BCUT2D eigenvalue weighted by atomic mass is 19.4. The standard InChI is InChI=1S/C9H8F3NO2/c10-9(11,12)5-4-7-2-1-3-8(6-7)13(14)15/h1-3,6H,4-5H2. The summed E-state index contributed by atoms with van der Waals surface area (Å²) < 4.78 is 35.6. The van der Waals surface area contributed by atoms with Crippen LogP contribution < -0.4 is 0 Å². The van der Waals surface area contributed by atoms with Gasteiger partial charge in [-0.1, -0.05) is 12.1 Å². The van der Waals surface area contributed by atoms with Crippen LogP contribution in [0.1, 0.15) is 12.0 Å². The third-order valence-electron chi connectivity index (χ3n) is 1.82. The van der Waals surface area contributed by atoms with Crippen LogP contribution in [-0.2, 0) is 6.42 Å². The molecule has 1 aromatic rings. The second kappa shape index (κ2) is 4.29. The minimum Gasteiger partial charge on any atom is -0.258 e. The number of nitrogens with zero attached hydrogens (tertiary/aromatic N) is 1. The summed E-state index contributed by atoms with van der Waals surface area (Å²) in [6.07, 6.45) is -5.43. The summed E-state index contributed by atoms with van der Waals surface area (Å²) in [6.45, 7) is 0. The van der Waals surface area contributed by atoms with Crippen LogP contribution in [0.25, 0.3) is 0 Å². The van der Waals surface area contributed by atoms with Crippen molar-refractivity contribution in [2.45, 2.75) is 19.0 Å². The van der Waals surface area contributed by atoms with E-state index in [-0.39, 0.29) is 12.1 Å². The van der Waals surface area contributed by atoms with Crippen molar-refractivity contribution in [2.24, 2.45) is 0 Å². The highest BCUT2D eigenvalue weighted by Gasteiger charge is 2.26. The highest BCUT2D eigenvalue weighted by Crippen LogP contribution is 2.23. The first-order chi connectivity index (χ1) is 6.88. The molecule has 0 aliphatic rings. The molecule has 1 rings (SSSR count). The largest absolute Gasteiger partial charge is 0.389 e. The summed E-state index contributed by atoms with van der Waals surface area (Å²) in [6, 6.07) is 5.23. The lowest BCUT2D eigenvalue weighted by atomic mass is 10.1. The normalized spacial score (nSPS) is 11.4. The smallest absolute Gasteiger partial charge is 0.258 e. The van der Waals surface area contributed by atoms with E-state index in [1.54, 1.807) is 0 Å². The third-order valence-corrected chi connectivity index (χ3v) is 1.82. The molecule has 1 aromatic carbocycles. The fraction of sp³-hybridized carbons (Fsp3) is 0.333. The minimum atomic E-state index is -4.23. The first kappa shape index (κ1) is 11.5. The summed E-state index contributed by atoms with van der Waals surface area (Å²) in [7, 11) is 0. The van der Waals surface area contributed by atoms with Crippen LogP contribution >= 0.6 is 0 Å². The lowest BCUT2D eigenvalue weighted by Gasteiger charge is -2.05. The van der Waals surface area contributed by atoms with Crippen molar-refractivity contribution in [1.29, 1.82) is 0 Å². The number of rotatable bonds is 3. The summed E-state index contributed by atoms with van der Waals surface area (Å²) >= 11 is 0. The molecule has 0 saturated heterocycles. The summed E-state index contributed by atoms with van der Waals surface area (Å²) in [4.78, 5) is 9.71. The van der Waals surface area contributed by atoms with Crippen LogP contribution in [-0.4, -0.2) is 11.1 Å². The zero-order chi connectivity index (χ0) is 11.5. The Labute approximate surface area is 83.7 Å². The Morgan fingerprint density at radius 3 is 2.53 bits per heavy atom. The van der Waals surface area contributed by atoms with Gasteiger partial charge in [0.15, 0.2) is 0 Å². The molecule has 0 fully saturated rings. The number of aryl methyl sites for hydroxylation is 1. The third kappa shape index (κ3) is 3.97. The molecule has 6 heteroatoms. The van der Waals surface area contributed by atoms with Gasteiger partial charge in [-0.15, -0.1) is 0 Å². The van der Waals surface area contributed by atoms with E-state index in [0.29, 0.717) is 5.56 Å². The van der Waals surface area contributed by atoms with Gasteiger partial charge in [-0.05, 0) is 12.0 Å². The number of nitro groups is 1. The molecule has 0 aliphatic carbocycles. The molecule has 0 aliphatic heterocycles. The van der Waals surface area contributed by atoms with Gasteiger partial charge in [-0.3, -0.25) is 10.1 Å². The Morgan fingerprint density at radius 2 is 2.00 bits per heavy atom. The second-order valence-electron chi connectivity index (χ2n) is 3.04. The van der Waals surface area contributed by atoms with Gasteiger partial charge in [0, 0.05) is 18.6 Å². The maximum atomic E-state index is 11.9. The molecule has 0 saturated carbocycles. The van der Waals surface area contributed by atoms with Crippen molar-refractivity contribution >= 4 is 5.69 Å². The van der Waals surface area contributed by atoms with E-state index in [0.717, 1.165) is 6.07 Å². The molecule has 0 radical (unpaired) electrons. The van der Waals surface area contributed by atoms with E-state index in [1.807, 2.05) is 0 Å². The monoisotopic (exact) mass is 219 g/mol. The zero-order valence-electron chi connectivity index (χ0n) is 7.62. The molecule has 82 valence electrons. The Bertz CT molecular complexity index is 363. The van der Waals surface area contributed by atoms with Crippen LogP contribution in [0.4, 0.5) is 18.9 Å². The number of nitro benzene ring substituents is 1. The number of non-ortho nitro benzene ring substituents is 1.